The Morgan fingerprint density at radius 3 is 2.25 bits per heavy atom. The quantitative estimate of drug-likeness (QED) is 0.270. The fourth-order valence-electron chi connectivity index (χ4n) is 4.69. The zero-order valence-corrected chi connectivity index (χ0v) is 24.1. The first kappa shape index (κ1) is 30.0. The number of sulfonamides is 1. The minimum Gasteiger partial charge on any atom is -0.480 e. The number of carboxylic acid groups (broad SMARTS) is 2. The lowest BCUT2D eigenvalue weighted by molar-refractivity contribution is -0.147. The largest absolute Gasteiger partial charge is 0.480 e. The third-order valence-corrected chi connectivity index (χ3v) is 11.2. The van der Waals surface area contributed by atoms with Crippen LogP contribution in [0.25, 0.3) is 0 Å². The number of carbonyl (C=O) groups excluding carboxylic acids is 3. The molecule has 4 heterocycles. The summed E-state index contributed by atoms with van der Waals surface area (Å²) in [4.78, 5) is 64.5. The third-order valence-electron chi connectivity index (χ3n) is 6.47. The Bertz CT molecular complexity index is 1360. The van der Waals surface area contributed by atoms with Crippen molar-refractivity contribution in [2.24, 2.45) is 0 Å². The molecule has 40 heavy (non-hydrogen) atoms. The van der Waals surface area contributed by atoms with Crippen LogP contribution in [0.5, 0.6) is 0 Å². The molecule has 2 aliphatic rings. The average molecular weight is 631 g/mol. The number of thioether (sulfide) groups is 1. The summed E-state index contributed by atoms with van der Waals surface area (Å²) in [5, 5.41) is 25.3. The summed E-state index contributed by atoms with van der Waals surface area (Å²) >= 11 is 3.13. The van der Waals surface area contributed by atoms with Gasteiger partial charge in [0.1, 0.15) is 16.3 Å². The van der Waals surface area contributed by atoms with Gasteiger partial charge < -0.3 is 25.3 Å². The summed E-state index contributed by atoms with van der Waals surface area (Å²) in [6, 6.07) is 2.22. The number of rotatable bonds is 11. The summed E-state index contributed by atoms with van der Waals surface area (Å²) in [6.45, 7) is -0.0350. The number of carboxylic acids is 2. The van der Waals surface area contributed by atoms with E-state index in [9.17, 15) is 42.6 Å². The van der Waals surface area contributed by atoms with Crippen LogP contribution in [0.3, 0.4) is 0 Å². The summed E-state index contributed by atoms with van der Waals surface area (Å²) in [7, 11) is -3.87. The van der Waals surface area contributed by atoms with Crippen LogP contribution in [0.2, 0.25) is 0 Å². The third kappa shape index (κ3) is 6.83. The molecule has 2 aliphatic heterocycles. The lowest BCUT2D eigenvalue weighted by Gasteiger charge is -2.25. The van der Waals surface area contributed by atoms with Crippen LogP contribution in [0.4, 0.5) is 0 Å². The van der Waals surface area contributed by atoms with E-state index in [-0.39, 0.29) is 41.6 Å². The summed E-state index contributed by atoms with van der Waals surface area (Å²) in [5.74, 6) is -4.57. The molecule has 2 aromatic rings. The van der Waals surface area contributed by atoms with Crippen molar-refractivity contribution >= 4 is 74.1 Å². The monoisotopic (exact) mass is 630 g/mol. The van der Waals surface area contributed by atoms with Crippen LogP contribution in [-0.4, -0.2) is 107 Å². The minimum absolute atomic E-state index is 0.0770. The lowest BCUT2D eigenvalue weighted by Crippen LogP contribution is -2.51. The van der Waals surface area contributed by atoms with Gasteiger partial charge in [-0.2, -0.15) is 0 Å². The van der Waals surface area contributed by atoms with Gasteiger partial charge in [-0.3, -0.25) is 14.4 Å². The standard InChI is InChI=1S/C23H26N4O9S4/c28-17(26-6-5-14(20(26)23(33)34)24-21(30)16-3-1-7-38-16)11-37-12-18(29)27-10-13(9-15(27)22(31)32)25-40(35,36)19-4-2-8-39-19/h1-4,7-8,13-15,20,25H,5-6,9-12H2,(H,24,30)(H,31,32)(H,33,34). The van der Waals surface area contributed by atoms with Gasteiger partial charge in [-0.15, -0.1) is 34.4 Å². The van der Waals surface area contributed by atoms with Gasteiger partial charge in [-0.1, -0.05) is 12.1 Å². The Hall–Kier alpha value is -2.99. The molecule has 2 fully saturated rings. The molecule has 0 saturated carbocycles. The predicted molar refractivity (Wildman–Crippen MR) is 147 cm³/mol. The topological polar surface area (TPSA) is 190 Å². The highest BCUT2D eigenvalue weighted by molar-refractivity contribution is 8.00. The Morgan fingerprint density at radius 2 is 1.65 bits per heavy atom. The molecular weight excluding hydrogens is 605 g/mol. The van der Waals surface area contributed by atoms with E-state index in [4.69, 9.17) is 0 Å². The number of nitrogens with one attached hydrogen (secondary N) is 2. The van der Waals surface area contributed by atoms with Gasteiger partial charge in [0, 0.05) is 19.1 Å². The highest BCUT2D eigenvalue weighted by atomic mass is 32.2. The van der Waals surface area contributed by atoms with Crippen LogP contribution in [0, 0.1) is 0 Å². The number of amides is 3. The van der Waals surface area contributed by atoms with Gasteiger partial charge in [-0.05, 0) is 35.7 Å². The van der Waals surface area contributed by atoms with Crippen molar-refractivity contribution in [1.29, 1.82) is 0 Å². The van der Waals surface area contributed by atoms with Crippen molar-refractivity contribution in [2.75, 3.05) is 24.6 Å². The van der Waals surface area contributed by atoms with Crippen molar-refractivity contribution in [1.82, 2.24) is 19.8 Å². The van der Waals surface area contributed by atoms with Gasteiger partial charge in [0.15, 0.2) is 0 Å². The number of carbonyl (C=O) groups is 5. The molecule has 13 nitrogen and oxygen atoms in total. The second-order valence-corrected chi connectivity index (χ2v) is 13.9. The molecule has 0 spiro atoms. The second-order valence-electron chi connectivity index (χ2n) is 9.10. The first-order valence-corrected chi connectivity index (χ1v) is 16.4. The maximum Gasteiger partial charge on any atom is 0.328 e. The fraction of sp³-hybridized carbons (Fsp3) is 0.435. The molecule has 3 amide bonds. The van der Waals surface area contributed by atoms with E-state index in [0.29, 0.717) is 4.88 Å². The van der Waals surface area contributed by atoms with Crippen LogP contribution < -0.4 is 10.0 Å². The fourth-order valence-corrected chi connectivity index (χ4v) is 8.35. The van der Waals surface area contributed by atoms with Crippen LogP contribution in [0.15, 0.2) is 39.2 Å². The van der Waals surface area contributed by atoms with Crippen molar-refractivity contribution < 1.29 is 42.6 Å². The first-order valence-electron chi connectivity index (χ1n) is 12.0. The van der Waals surface area contributed by atoms with Gasteiger partial charge in [0.05, 0.1) is 22.4 Å². The van der Waals surface area contributed by atoms with Crippen LogP contribution in [0.1, 0.15) is 22.5 Å². The van der Waals surface area contributed by atoms with Gasteiger partial charge in [0.2, 0.25) is 21.8 Å². The molecule has 0 aliphatic carbocycles. The van der Waals surface area contributed by atoms with Crippen molar-refractivity contribution in [3.05, 3.63) is 39.9 Å². The average Bonchev–Trinajstić information content (AvgIpc) is 3.70. The Kier molecular flexibility index (Phi) is 9.50. The maximum atomic E-state index is 12.9. The van der Waals surface area contributed by atoms with E-state index in [1.54, 1.807) is 29.0 Å². The van der Waals surface area contributed by atoms with E-state index in [0.717, 1.165) is 32.9 Å². The number of hydrogen-bond donors (Lipinski definition) is 4. The summed E-state index contributed by atoms with van der Waals surface area (Å²) in [6.07, 6.45) is 0.141. The van der Waals surface area contributed by atoms with E-state index >= 15 is 0 Å². The molecule has 17 heteroatoms. The van der Waals surface area contributed by atoms with Gasteiger partial charge in [-0.25, -0.2) is 22.7 Å². The van der Waals surface area contributed by atoms with Crippen molar-refractivity contribution in [3.8, 4) is 0 Å². The summed E-state index contributed by atoms with van der Waals surface area (Å²) in [5.41, 5.74) is 0. The van der Waals surface area contributed by atoms with Gasteiger partial charge >= 0.3 is 11.9 Å². The number of thiophene rings is 2. The maximum absolute atomic E-state index is 12.9. The molecule has 4 rings (SSSR count). The highest BCUT2D eigenvalue weighted by Gasteiger charge is 2.43. The summed E-state index contributed by atoms with van der Waals surface area (Å²) < 4.78 is 27.6. The highest BCUT2D eigenvalue weighted by Crippen LogP contribution is 2.24. The molecular formula is C23H26N4O9S4. The van der Waals surface area contributed by atoms with E-state index < -0.39 is 63.9 Å². The number of likely N-dealkylation sites (tertiary alicyclic amines) is 2. The predicted octanol–water partition coefficient (Wildman–Crippen LogP) is 0.359. The van der Waals surface area contributed by atoms with Crippen molar-refractivity contribution in [3.63, 3.8) is 0 Å². The molecule has 2 saturated heterocycles. The number of aliphatic carboxylic acids is 2. The first-order chi connectivity index (χ1) is 19.0. The molecule has 4 unspecified atom stereocenters. The smallest absolute Gasteiger partial charge is 0.328 e. The Labute approximate surface area is 241 Å². The number of hydrogen-bond acceptors (Lipinski definition) is 10. The second kappa shape index (κ2) is 12.7. The Morgan fingerprint density at radius 1 is 0.975 bits per heavy atom. The van der Waals surface area contributed by atoms with E-state index in [2.05, 4.69) is 10.0 Å². The van der Waals surface area contributed by atoms with Crippen LogP contribution in [-0.2, 0) is 29.2 Å². The molecule has 2 aromatic heterocycles. The zero-order chi connectivity index (χ0) is 29.0. The number of nitrogens with zero attached hydrogens (tertiary/aromatic N) is 2. The molecule has 216 valence electrons. The molecule has 0 aromatic carbocycles. The minimum atomic E-state index is -3.87. The van der Waals surface area contributed by atoms with Crippen LogP contribution >= 0.6 is 34.4 Å². The van der Waals surface area contributed by atoms with Crippen molar-refractivity contribution in [2.45, 2.75) is 41.2 Å². The zero-order valence-electron chi connectivity index (χ0n) is 20.8. The molecule has 4 N–H and O–H groups in total. The normalized spacial score (nSPS) is 22.8. The molecule has 0 radical (unpaired) electrons. The van der Waals surface area contributed by atoms with E-state index in [1.807, 2.05) is 0 Å². The molecule has 0 bridgehead atoms. The molecule has 4 atom stereocenters. The lowest BCUT2D eigenvalue weighted by atomic mass is 10.1. The Balaban J connectivity index is 1.30. The van der Waals surface area contributed by atoms with E-state index in [1.165, 1.54) is 17.4 Å². The van der Waals surface area contributed by atoms with Gasteiger partial charge in [0.25, 0.3) is 5.91 Å². The SMILES string of the molecule is O=C(NC1CCN(C(=O)CSCC(=O)N2CC(NS(=O)(=O)c3cccs3)CC2C(=O)O)C1C(=O)O)c1cccs1.